The van der Waals surface area contributed by atoms with Gasteiger partial charge in [-0.2, -0.15) is 0 Å². The van der Waals surface area contributed by atoms with Crippen molar-refractivity contribution in [3.05, 3.63) is 0 Å². The van der Waals surface area contributed by atoms with Crippen molar-refractivity contribution in [1.29, 1.82) is 0 Å². The van der Waals surface area contributed by atoms with E-state index in [0.717, 1.165) is 5.92 Å². The van der Waals surface area contributed by atoms with Crippen LogP contribution in [0.2, 0.25) is 0 Å². The maximum absolute atomic E-state index is 6.26. The normalized spacial score (nSPS) is 40.5. The summed E-state index contributed by atoms with van der Waals surface area (Å²) in [5.74, 6) is 0.753. The summed E-state index contributed by atoms with van der Waals surface area (Å²) in [6, 6.07) is 0.472. The molecule has 0 aromatic heterocycles. The van der Waals surface area contributed by atoms with Crippen molar-refractivity contribution in [2.45, 2.75) is 38.6 Å². The highest BCUT2D eigenvalue weighted by molar-refractivity contribution is 5.00. The summed E-state index contributed by atoms with van der Waals surface area (Å²) < 4.78 is 0. The predicted octanol–water partition coefficient (Wildman–Crippen LogP) is 1.11. The molecule has 2 heteroatoms. The third-order valence-electron chi connectivity index (χ3n) is 4.02. The van der Waals surface area contributed by atoms with E-state index in [1.165, 1.54) is 38.8 Å². The summed E-state index contributed by atoms with van der Waals surface area (Å²) in [6.07, 6.45) is 5.33. The molecule has 2 atom stereocenters. The molecule has 0 bridgehead atoms. The van der Waals surface area contributed by atoms with E-state index in [9.17, 15) is 0 Å². The Kier molecular flexibility index (Phi) is 2.13. The molecule has 0 aromatic carbocycles. The molecule has 0 amide bonds. The Morgan fingerprint density at radius 2 is 1.92 bits per heavy atom. The lowest BCUT2D eigenvalue weighted by Gasteiger charge is -2.38. The van der Waals surface area contributed by atoms with Gasteiger partial charge in [-0.3, -0.25) is 0 Å². The quantitative estimate of drug-likeness (QED) is 0.568. The van der Waals surface area contributed by atoms with Crippen LogP contribution in [-0.4, -0.2) is 19.1 Å². The molecule has 0 unspecified atom stereocenters. The number of piperidine rings is 1. The van der Waals surface area contributed by atoms with Gasteiger partial charge in [0.15, 0.2) is 0 Å². The van der Waals surface area contributed by atoms with Crippen LogP contribution in [0, 0.1) is 11.3 Å². The van der Waals surface area contributed by atoms with Crippen LogP contribution in [0.15, 0.2) is 0 Å². The largest absolute Gasteiger partial charge is 0.327 e. The summed E-state index contributed by atoms with van der Waals surface area (Å²) in [6.45, 7) is 4.67. The second-order valence-electron chi connectivity index (χ2n) is 4.65. The number of nitrogens with one attached hydrogen (secondary N) is 1. The predicted molar refractivity (Wildman–Crippen MR) is 50.9 cm³/mol. The maximum Gasteiger partial charge on any atom is 0.0122 e. The molecule has 0 aromatic rings. The first-order valence-corrected chi connectivity index (χ1v) is 5.21. The third-order valence-corrected chi connectivity index (χ3v) is 4.02. The fraction of sp³-hybridized carbons (Fsp3) is 1.00. The lowest BCUT2D eigenvalue weighted by molar-refractivity contribution is 0.173. The highest BCUT2D eigenvalue weighted by Gasteiger charge is 2.44. The van der Waals surface area contributed by atoms with E-state index >= 15 is 0 Å². The molecule has 0 radical (unpaired) electrons. The number of nitrogens with two attached hydrogens (primary N) is 1. The van der Waals surface area contributed by atoms with Crippen LogP contribution in [0.1, 0.15) is 32.6 Å². The smallest absolute Gasteiger partial charge is 0.0122 e. The van der Waals surface area contributed by atoms with E-state index in [0.29, 0.717) is 11.5 Å². The van der Waals surface area contributed by atoms with Gasteiger partial charge in [-0.05, 0) is 50.1 Å². The Morgan fingerprint density at radius 1 is 1.25 bits per heavy atom. The van der Waals surface area contributed by atoms with E-state index in [1.807, 2.05) is 0 Å². The zero-order chi connectivity index (χ0) is 8.60. The molecule has 1 aliphatic heterocycles. The molecule has 1 aliphatic carbocycles. The third kappa shape index (κ3) is 1.17. The van der Waals surface area contributed by atoms with Crippen LogP contribution in [-0.2, 0) is 0 Å². The molecule has 12 heavy (non-hydrogen) atoms. The molecule has 2 rings (SSSR count). The van der Waals surface area contributed by atoms with Gasteiger partial charge in [0.1, 0.15) is 0 Å². The van der Waals surface area contributed by atoms with E-state index in [4.69, 9.17) is 5.73 Å². The van der Waals surface area contributed by atoms with Gasteiger partial charge in [0.25, 0.3) is 0 Å². The van der Waals surface area contributed by atoms with Crippen molar-refractivity contribution in [1.82, 2.24) is 5.32 Å². The highest BCUT2D eigenvalue weighted by atomic mass is 14.9. The van der Waals surface area contributed by atoms with Gasteiger partial charge in [0, 0.05) is 6.04 Å². The van der Waals surface area contributed by atoms with E-state index in [-0.39, 0.29) is 0 Å². The summed E-state index contributed by atoms with van der Waals surface area (Å²) in [5.41, 5.74) is 6.78. The average molecular weight is 168 g/mol. The van der Waals surface area contributed by atoms with E-state index in [2.05, 4.69) is 12.2 Å². The second kappa shape index (κ2) is 3.00. The highest BCUT2D eigenvalue weighted by Crippen LogP contribution is 2.46. The van der Waals surface area contributed by atoms with Gasteiger partial charge in [0.05, 0.1) is 0 Å². The molecule has 70 valence electrons. The summed E-state index contributed by atoms with van der Waals surface area (Å²) in [7, 11) is 0. The molecule has 1 heterocycles. The fourth-order valence-corrected chi connectivity index (χ4v) is 2.97. The van der Waals surface area contributed by atoms with Gasteiger partial charge in [-0.25, -0.2) is 0 Å². The molecule has 1 saturated carbocycles. The number of hydrogen-bond donors (Lipinski definition) is 2. The Morgan fingerprint density at radius 3 is 2.42 bits per heavy atom. The van der Waals surface area contributed by atoms with Gasteiger partial charge >= 0.3 is 0 Å². The average Bonchev–Trinajstić information content (AvgIpc) is 2.37. The molecule has 2 aliphatic rings. The van der Waals surface area contributed by atoms with Gasteiger partial charge in [0.2, 0.25) is 0 Å². The molecule has 2 nitrogen and oxygen atoms in total. The van der Waals surface area contributed by atoms with Crippen molar-refractivity contribution < 1.29 is 0 Å². The van der Waals surface area contributed by atoms with Crippen LogP contribution >= 0.6 is 0 Å². The zero-order valence-electron chi connectivity index (χ0n) is 7.97. The molecule has 1 spiro atoms. The SMILES string of the molecule is C[C@@H]1CCC2(CCNCC2)[C@@H]1N. The lowest BCUT2D eigenvalue weighted by Crippen LogP contribution is -2.46. The van der Waals surface area contributed by atoms with Crippen LogP contribution in [0.4, 0.5) is 0 Å². The van der Waals surface area contributed by atoms with Crippen molar-refractivity contribution in [3.8, 4) is 0 Å². The maximum atomic E-state index is 6.26. The first kappa shape index (κ1) is 8.52. The van der Waals surface area contributed by atoms with E-state index < -0.39 is 0 Å². The fourth-order valence-electron chi connectivity index (χ4n) is 2.97. The standard InChI is InChI=1S/C10H20N2/c1-8-2-3-10(9(8)11)4-6-12-7-5-10/h8-9,12H,2-7,11H2,1H3/t8-,9-/m1/s1. The van der Waals surface area contributed by atoms with Crippen molar-refractivity contribution in [3.63, 3.8) is 0 Å². The Bertz CT molecular complexity index is 156. The minimum absolute atomic E-state index is 0.472. The molecular weight excluding hydrogens is 148 g/mol. The van der Waals surface area contributed by atoms with Crippen molar-refractivity contribution >= 4 is 0 Å². The Labute approximate surface area is 74.9 Å². The summed E-state index contributed by atoms with van der Waals surface area (Å²) in [4.78, 5) is 0. The van der Waals surface area contributed by atoms with Crippen LogP contribution in [0.5, 0.6) is 0 Å². The van der Waals surface area contributed by atoms with Gasteiger partial charge in [-0.15, -0.1) is 0 Å². The molecule has 1 saturated heterocycles. The Balaban J connectivity index is 2.09. The first-order valence-electron chi connectivity index (χ1n) is 5.21. The van der Waals surface area contributed by atoms with E-state index in [1.54, 1.807) is 0 Å². The summed E-state index contributed by atoms with van der Waals surface area (Å²) in [5, 5.41) is 3.42. The van der Waals surface area contributed by atoms with Gasteiger partial charge in [-0.1, -0.05) is 6.92 Å². The van der Waals surface area contributed by atoms with Crippen molar-refractivity contribution in [2.75, 3.05) is 13.1 Å². The zero-order valence-corrected chi connectivity index (χ0v) is 7.97. The van der Waals surface area contributed by atoms with Crippen LogP contribution in [0.3, 0.4) is 0 Å². The van der Waals surface area contributed by atoms with Gasteiger partial charge < -0.3 is 11.1 Å². The minimum Gasteiger partial charge on any atom is -0.327 e. The summed E-state index contributed by atoms with van der Waals surface area (Å²) >= 11 is 0. The monoisotopic (exact) mass is 168 g/mol. The second-order valence-corrected chi connectivity index (χ2v) is 4.65. The Hall–Kier alpha value is -0.0800. The van der Waals surface area contributed by atoms with Crippen molar-refractivity contribution in [2.24, 2.45) is 17.1 Å². The molecular formula is C10H20N2. The topological polar surface area (TPSA) is 38.0 Å². The first-order chi connectivity index (χ1) is 5.75. The lowest BCUT2D eigenvalue weighted by atomic mass is 9.74. The number of hydrogen-bond acceptors (Lipinski definition) is 2. The minimum atomic E-state index is 0.472. The van der Waals surface area contributed by atoms with Crippen LogP contribution in [0.25, 0.3) is 0 Å². The number of rotatable bonds is 0. The van der Waals surface area contributed by atoms with Crippen LogP contribution < -0.4 is 11.1 Å². The molecule has 2 fully saturated rings. The molecule has 3 N–H and O–H groups in total.